The van der Waals surface area contributed by atoms with Crippen molar-refractivity contribution in [2.24, 2.45) is 5.10 Å². The number of aryl methyl sites for hydroxylation is 1. The van der Waals surface area contributed by atoms with Crippen molar-refractivity contribution in [3.8, 4) is 11.5 Å². The first-order chi connectivity index (χ1) is 14.7. The normalized spacial score (nSPS) is 13.2. The van der Waals surface area contributed by atoms with Gasteiger partial charge in [-0.3, -0.25) is 9.59 Å². The Balaban J connectivity index is 1.70. The van der Waals surface area contributed by atoms with E-state index >= 15 is 0 Å². The second-order valence-corrected chi connectivity index (χ2v) is 8.61. The number of ketones is 2. The summed E-state index contributed by atoms with van der Waals surface area (Å²) in [6, 6.07) is 13.2. The Kier molecular flexibility index (Phi) is 4.82. The number of carbonyl (C=O) groups excluding carboxylic acids is 2. The number of hydrogen-bond acceptors (Lipinski definition) is 7. The second kappa shape index (κ2) is 7.37. The third kappa shape index (κ3) is 3.44. The monoisotopic (exact) mass is 436 g/mol. The standard InChI is InChI=1S/C22H16N2O6S/c1-12-6-8-14(9-7-12)31(29,30)24-23-11-13-10-17(25)18-19(20(13)26)22(28)16-5-3-2-4-15(16)21(18)27/h2-11,24-26H,1H3/b23-11+. The molecule has 0 unspecified atom stereocenters. The molecule has 8 nitrogen and oxygen atoms in total. The zero-order valence-electron chi connectivity index (χ0n) is 16.2. The van der Waals surface area contributed by atoms with Crippen LogP contribution in [0.15, 0.2) is 64.6 Å². The summed E-state index contributed by atoms with van der Waals surface area (Å²) in [5, 5.41) is 24.6. The molecular weight excluding hydrogens is 420 g/mol. The van der Waals surface area contributed by atoms with E-state index in [1.54, 1.807) is 24.3 Å². The molecule has 1 aliphatic rings. The van der Waals surface area contributed by atoms with E-state index in [-0.39, 0.29) is 32.7 Å². The summed E-state index contributed by atoms with van der Waals surface area (Å²) in [4.78, 5) is 27.6. The van der Waals surface area contributed by atoms with Crippen LogP contribution < -0.4 is 4.83 Å². The van der Waals surface area contributed by atoms with Crippen LogP contribution >= 0.6 is 0 Å². The summed E-state index contributed by atoms with van der Waals surface area (Å²) in [6.45, 7) is 1.82. The maximum absolute atomic E-state index is 12.8. The smallest absolute Gasteiger partial charge is 0.276 e. The zero-order valence-corrected chi connectivity index (χ0v) is 17.0. The molecule has 0 spiro atoms. The molecule has 4 rings (SSSR count). The first-order valence-corrected chi connectivity index (χ1v) is 10.6. The van der Waals surface area contributed by atoms with Gasteiger partial charge in [0, 0.05) is 16.7 Å². The van der Waals surface area contributed by atoms with Crippen molar-refractivity contribution in [2.45, 2.75) is 11.8 Å². The molecule has 156 valence electrons. The number of hydrazone groups is 1. The van der Waals surface area contributed by atoms with Crippen LogP contribution in [0.3, 0.4) is 0 Å². The number of carbonyl (C=O) groups is 2. The summed E-state index contributed by atoms with van der Waals surface area (Å²) < 4.78 is 24.6. The number of benzene rings is 3. The molecule has 0 radical (unpaired) electrons. The first-order valence-electron chi connectivity index (χ1n) is 9.09. The lowest BCUT2D eigenvalue weighted by Crippen LogP contribution is -2.22. The van der Waals surface area contributed by atoms with Gasteiger partial charge in [0.25, 0.3) is 10.0 Å². The number of rotatable bonds is 4. The molecule has 9 heteroatoms. The Morgan fingerprint density at radius 3 is 2.10 bits per heavy atom. The first kappa shape index (κ1) is 20.3. The number of sulfonamides is 1. The lowest BCUT2D eigenvalue weighted by molar-refractivity contribution is 0.0974. The average Bonchev–Trinajstić information content (AvgIpc) is 2.74. The lowest BCUT2D eigenvalue weighted by atomic mass is 9.82. The van der Waals surface area contributed by atoms with Crippen LogP contribution in [0.4, 0.5) is 0 Å². The SMILES string of the molecule is Cc1ccc(S(=O)(=O)N/N=C/c2cc(O)c3c(c2O)C(=O)c2ccccc2C3=O)cc1. The molecule has 3 aromatic carbocycles. The van der Waals surface area contributed by atoms with Crippen molar-refractivity contribution in [2.75, 3.05) is 0 Å². The minimum absolute atomic E-state index is 0.00913. The van der Waals surface area contributed by atoms with Gasteiger partial charge >= 0.3 is 0 Å². The fourth-order valence-corrected chi connectivity index (χ4v) is 4.10. The van der Waals surface area contributed by atoms with Crippen molar-refractivity contribution in [3.63, 3.8) is 0 Å². The molecular formula is C22H16N2O6S. The van der Waals surface area contributed by atoms with Gasteiger partial charge in [0.15, 0.2) is 11.6 Å². The quantitative estimate of drug-likeness (QED) is 0.256. The van der Waals surface area contributed by atoms with Gasteiger partial charge < -0.3 is 10.2 Å². The maximum Gasteiger partial charge on any atom is 0.276 e. The van der Waals surface area contributed by atoms with Crippen LogP contribution in [0.1, 0.15) is 43.0 Å². The lowest BCUT2D eigenvalue weighted by Gasteiger charge is -2.20. The second-order valence-electron chi connectivity index (χ2n) is 6.95. The summed E-state index contributed by atoms with van der Waals surface area (Å²) in [6.07, 6.45) is 0.944. The molecule has 0 aromatic heterocycles. The Morgan fingerprint density at radius 2 is 1.48 bits per heavy atom. The van der Waals surface area contributed by atoms with Crippen LogP contribution in [0.25, 0.3) is 0 Å². The van der Waals surface area contributed by atoms with Crippen LogP contribution in [0.2, 0.25) is 0 Å². The average molecular weight is 436 g/mol. The van der Waals surface area contributed by atoms with Gasteiger partial charge in [0.1, 0.15) is 11.5 Å². The molecule has 1 aliphatic carbocycles. The number of nitrogens with one attached hydrogen (secondary N) is 1. The van der Waals surface area contributed by atoms with E-state index in [0.29, 0.717) is 0 Å². The zero-order chi connectivity index (χ0) is 22.3. The van der Waals surface area contributed by atoms with Gasteiger partial charge in [-0.05, 0) is 25.1 Å². The summed E-state index contributed by atoms with van der Waals surface area (Å²) in [7, 11) is -3.96. The molecule has 3 aromatic rings. The number of phenolic OH excluding ortho intramolecular Hbond substituents is 2. The topological polar surface area (TPSA) is 133 Å². The number of aromatic hydroxyl groups is 2. The predicted molar refractivity (Wildman–Crippen MR) is 112 cm³/mol. The van der Waals surface area contributed by atoms with Crippen LogP contribution in [0, 0.1) is 6.92 Å². The fraction of sp³-hybridized carbons (Fsp3) is 0.0455. The Bertz CT molecular complexity index is 1380. The Hall–Kier alpha value is -3.98. The van der Waals surface area contributed by atoms with E-state index in [1.807, 2.05) is 11.8 Å². The number of hydrogen-bond donors (Lipinski definition) is 3. The van der Waals surface area contributed by atoms with E-state index in [1.165, 1.54) is 24.3 Å². The van der Waals surface area contributed by atoms with Crippen LogP contribution in [-0.2, 0) is 10.0 Å². The Morgan fingerprint density at radius 1 is 0.903 bits per heavy atom. The van der Waals surface area contributed by atoms with E-state index in [0.717, 1.165) is 17.8 Å². The number of fused-ring (bicyclic) bond motifs is 2. The Labute approximate surface area is 177 Å². The maximum atomic E-state index is 12.8. The summed E-state index contributed by atoms with van der Waals surface area (Å²) >= 11 is 0. The highest BCUT2D eigenvalue weighted by Crippen LogP contribution is 2.39. The summed E-state index contributed by atoms with van der Waals surface area (Å²) in [5.41, 5.74) is 0.317. The molecule has 0 saturated heterocycles. The van der Waals surface area contributed by atoms with E-state index in [9.17, 15) is 28.2 Å². The van der Waals surface area contributed by atoms with Gasteiger partial charge in [0.2, 0.25) is 0 Å². The predicted octanol–water partition coefficient (Wildman–Crippen LogP) is 2.49. The third-order valence-corrected chi connectivity index (χ3v) is 6.13. The van der Waals surface area contributed by atoms with Crippen LogP contribution in [0.5, 0.6) is 11.5 Å². The van der Waals surface area contributed by atoms with Crippen molar-refractivity contribution in [1.29, 1.82) is 0 Å². The molecule has 0 aliphatic heterocycles. The van der Waals surface area contributed by atoms with Crippen molar-refractivity contribution >= 4 is 27.8 Å². The molecule has 3 N–H and O–H groups in total. The minimum Gasteiger partial charge on any atom is -0.507 e. The molecule has 0 bridgehead atoms. The van der Waals surface area contributed by atoms with Gasteiger partial charge in [-0.2, -0.15) is 13.5 Å². The molecule has 0 fully saturated rings. The van der Waals surface area contributed by atoms with Crippen LogP contribution in [-0.4, -0.2) is 36.4 Å². The van der Waals surface area contributed by atoms with Crippen molar-refractivity contribution in [1.82, 2.24) is 4.83 Å². The number of phenols is 2. The van der Waals surface area contributed by atoms with E-state index in [2.05, 4.69) is 5.10 Å². The van der Waals surface area contributed by atoms with E-state index in [4.69, 9.17) is 0 Å². The largest absolute Gasteiger partial charge is 0.507 e. The summed E-state index contributed by atoms with van der Waals surface area (Å²) in [5.74, 6) is -2.34. The van der Waals surface area contributed by atoms with Gasteiger partial charge in [-0.15, -0.1) is 0 Å². The van der Waals surface area contributed by atoms with Gasteiger partial charge in [-0.1, -0.05) is 42.0 Å². The minimum atomic E-state index is -3.96. The fourth-order valence-electron chi connectivity index (χ4n) is 3.31. The molecule has 0 amide bonds. The molecule has 0 heterocycles. The molecule has 31 heavy (non-hydrogen) atoms. The highest BCUT2D eigenvalue weighted by molar-refractivity contribution is 7.89. The molecule has 0 saturated carbocycles. The van der Waals surface area contributed by atoms with Crippen molar-refractivity contribution < 1.29 is 28.2 Å². The van der Waals surface area contributed by atoms with E-state index < -0.39 is 33.1 Å². The highest BCUT2D eigenvalue weighted by atomic mass is 32.2. The van der Waals surface area contributed by atoms with Gasteiger partial charge in [0.05, 0.1) is 22.2 Å². The van der Waals surface area contributed by atoms with Gasteiger partial charge in [-0.25, -0.2) is 4.83 Å². The highest BCUT2D eigenvalue weighted by Gasteiger charge is 2.35. The third-order valence-electron chi connectivity index (χ3n) is 4.89. The van der Waals surface area contributed by atoms with Crippen molar-refractivity contribution in [3.05, 3.63) is 88.0 Å². The number of nitrogens with zero attached hydrogens (tertiary/aromatic N) is 1. The molecule has 0 atom stereocenters.